The van der Waals surface area contributed by atoms with E-state index in [1.807, 2.05) is 0 Å². The van der Waals surface area contributed by atoms with Crippen molar-refractivity contribution >= 4 is 21.9 Å². The van der Waals surface area contributed by atoms with Crippen molar-refractivity contribution in [2.45, 2.75) is 0 Å². The van der Waals surface area contributed by atoms with Gasteiger partial charge in [-0.1, -0.05) is 0 Å². The van der Waals surface area contributed by atoms with E-state index in [2.05, 4.69) is 20.9 Å². The highest BCUT2D eigenvalue weighted by Gasteiger charge is 2.16. The van der Waals surface area contributed by atoms with Crippen LogP contribution in [0, 0.1) is 5.82 Å². The van der Waals surface area contributed by atoms with Gasteiger partial charge in [0.2, 0.25) is 5.88 Å². The van der Waals surface area contributed by atoms with Crippen LogP contribution >= 0.6 is 15.9 Å². The molecule has 0 aliphatic heterocycles. The quantitative estimate of drug-likeness (QED) is 0.921. The number of pyridine rings is 1. The van der Waals surface area contributed by atoms with Gasteiger partial charge in [-0.3, -0.25) is 0 Å². The second kappa shape index (κ2) is 5.87. The fourth-order valence-corrected chi connectivity index (χ4v) is 1.82. The molecule has 0 saturated carbocycles. The third kappa shape index (κ3) is 3.05. The molecule has 7 heteroatoms. The minimum atomic E-state index is -1.19. The van der Waals surface area contributed by atoms with Crippen LogP contribution in [0.2, 0.25) is 0 Å². The van der Waals surface area contributed by atoms with Crippen molar-refractivity contribution in [1.29, 1.82) is 0 Å². The van der Waals surface area contributed by atoms with E-state index in [4.69, 9.17) is 14.6 Å². The lowest BCUT2D eigenvalue weighted by molar-refractivity contribution is 0.0693. The van der Waals surface area contributed by atoms with Crippen LogP contribution in [0.15, 0.2) is 34.9 Å². The standard InChI is InChI=1S/C13H9BrFNO4/c1-19-11-5-8(15)2-3-10(11)20-12-9(13(17)18)4-7(14)6-16-12/h2-6H,1H3,(H,17,18). The van der Waals surface area contributed by atoms with Crippen LogP contribution in [0.25, 0.3) is 0 Å². The van der Waals surface area contributed by atoms with Crippen LogP contribution < -0.4 is 9.47 Å². The maximum Gasteiger partial charge on any atom is 0.341 e. The molecule has 0 saturated heterocycles. The van der Waals surface area contributed by atoms with E-state index in [1.54, 1.807) is 0 Å². The Hall–Kier alpha value is -2.15. The smallest absolute Gasteiger partial charge is 0.341 e. The zero-order valence-electron chi connectivity index (χ0n) is 10.3. The number of carboxylic acid groups (broad SMARTS) is 1. The number of ether oxygens (including phenoxy) is 2. The lowest BCUT2D eigenvalue weighted by Crippen LogP contribution is -2.02. The number of rotatable bonds is 4. The van der Waals surface area contributed by atoms with E-state index in [-0.39, 0.29) is 22.9 Å². The van der Waals surface area contributed by atoms with Gasteiger partial charge in [-0.05, 0) is 34.1 Å². The number of carbonyl (C=O) groups is 1. The molecule has 1 aromatic carbocycles. The summed E-state index contributed by atoms with van der Waals surface area (Å²) in [6.45, 7) is 0. The molecule has 0 fully saturated rings. The van der Waals surface area contributed by atoms with E-state index < -0.39 is 11.8 Å². The molecule has 5 nitrogen and oxygen atoms in total. The molecular formula is C13H9BrFNO4. The summed E-state index contributed by atoms with van der Waals surface area (Å²) in [7, 11) is 1.36. The van der Waals surface area contributed by atoms with Crippen molar-refractivity contribution in [2.24, 2.45) is 0 Å². The zero-order chi connectivity index (χ0) is 14.7. The van der Waals surface area contributed by atoms with Gasteiger partial charge >= 0.3 is 5.97 Å². The topological polar surface area (TPSA) is 68.7 Å². The first-order valence-electron chi connectivity index (χ1n) is 5.41. The highest BCUT2D eigenvalue weighted by molar-refractivity contribution is 9.10. The predicted molar refractivity (Wildman–Crippen MR) is 71.9 cm³/mol. The molecule has 1 N–H and O–H groups in total. The Morgan fingerprint density at radius 2 is 2.10 bits per heavy atom. The summed E-state index contributed by atoms with van der Waals surface area (Å²) in [5.41, 5.74) is -0.120. The Labute approximate surface area is 122 Å². The molecule has 0 aliphatic rings. The van der Waals surface area contributed by atoms with Crippen LogP contribution in [0.1, 0.15) is 10.4 Å². The number of aromatic nitrogens is 1. The summed E-state index contributed by atoms with van der Waals surface area (Å²) in [6, 6.07) is 5.01. The summed E-state index contributed by atoms with van der Waals surface area (Å²) < 4.78 is 24.0. The van der Waals surface area contributed by atoms with Gasteiger partial charge in [0.15, 0.2) is 11.5 Å². The molecule has 0 atom stereocenters. The van der Waals surface area contributed by atoms with Gasteiger partial charge in [-0.2, -0.15) is 0 Å². The molecule has 0 radical (unpaired) electrons. The normalized spacial score (nSPS) is 10.2. The average molecular weight is 342 g/mol. The number of carboxylic acids is 1. The Bertz CT molecular complexity index is 663. The Morgan fingerprint density at radius 3 is 2.75 bits per heavy atom. The van der Waals surface area contributed by atoms with Crippen LogP contribution in [0.3, 0.4) is 0 Å². The van der Waals surface area contributed by atoms with Gasteiger partial charge < -0.3 is 14.6 Å². The summed E-state index contributed by atoms with van der Waals surface area (Å²) in [4.78, 5) is 15.0. The Balaban J connectivity index is 2.42. The first kappa shape index (κ1) is 14.3. The highest BCUT2D eigenvalue weighted by Crippen LogP contribution is 2.33. The van der Waals surface area contributed by atoms with E-state index in [1.165, 1.54) is 31.5 Å². The molecule has 0 unspecified atom stereocenters. The lowest BCUT2D eigenvalue weighted by Gasteiger charge is -2.11. The fraction of sp³-hybridized carbons (Fsp3) is 0.0769. The maximum absolute atomic E-state index is 13.1. The van der Waals surface area contributed by atoms with Gasteiger partial charge in [0, 0.05) is 16.7 Å². The molecule has 2 rings (SSSR count). The van der Waals surface area contributed by atoms with Crippen molar-refractivity contribution in [3.05, 3.63) is 46.3 Å². The molecule has 0 aliphatic carbocycles. The average Bonchev–Trinajstić information content (AvgIpc) is 2.42. The van der Waals surface area contributed by atoms with Crippen LogP contribution in [0.4, 0.5) is 4.39 Å². The summed E-state index contributed by atoms with van der Waals surface area (Å²) in [5.74, 6) is -1.46. The predicted octanol–water partition coefficient (Wildman–Crippen LogP) is 3.48. The maximum atomic E-state index is 13.1. The molecule has 1 heterocycles. The van der Waals surface area contributed by atoms with Crippen molar-refractivity contribution in [1.82, 2.24) is 4.98 Å². The van der Waals surface area contributed by atoms with Gasteiger partial charge in [0.1, 0.15) is 11.4 Å². The molecule has 2 aromatic rings. The molecule has 104 valence electrons. The first-order chi connectivity index (χ1) is 9.51. The van der Waals surface area contributed by atoms with Crippen LogP contribution in [-0.2, 0) is 0 Å². The number of hydrogen-bond donors (Lipinski definition) is 1. The van der Waals surface area contributed by atoms with Crippen molar-refractivity contribution in [3.8, 4) is 17.4 Å². The van der Waals surface area contributed by atoms with Crippen LogP contribution in [-0.4, -0.2) is 23.2 Å². The van der Waals surface area contributed by atoms with Crippen molar-refractivity contribution in [2.75, 3.05) is 7.11 Å². The second-order valence-electron chi connectivity index (χ2n) is 3.71. The first-order valence-corrected chi connectivity index (χ1v) is 6.21. The van der Waals surface area contributed by atoms with Crippen molar-refractivity contribution in [3.63, 3.8) is 0 Å². The van der Waals surface area contributed by atoms with Crippen molar-refractivity contribution < 1.29 is 23.8 Å². The van der Waals surface area contributed by atoms with E-state index >= 15 is 0 Å². The molecule has 20 heavy (non-hydrogen) atoms. The number of benzene rings is 1. The van der Waals surface area contributed by atoms with E-state index in [9.17, 15) is 9.18 Å². The monoisotopic (exact) mass is 341 g/mol. The van der Waals surface area contributed by atoms with Gasteiger partial charge in [-0.25, -0.2) is 14.2 Å². The van der Waals surface area contributed by atoms with Crippen LogP contribution in [0.5, 0.6) is 17.4 Å². The van der Waals surface area contributed by atoms with Gasteiger partial charge in [0.25, 0.3) is 0 Å². The highest BCUT2D eigenvalue weighted by atomic mass is 79.9. The number of nitrogens with zero attached hydrogens (tertiary/aromatic N) is 1. The molecule has 0 spiro atoms. The minimum Gasteiger partial charge on any atom is -0.493 e. The number of halogens is 2. The number of methoxy groups -OCH3 is 1. The molecule has 1 aromatic heterocycles. The van der Waals surface area contributed by atoms with E-state index in [0.29, 0.717) is 4.47 Å². The fourth-order valence-electron chi connectivity index (χ4n) is 1.49. The third-order valence-corrected chi connectivity index (χ3v) is 2.81. The zero-order valence-corrected chi connectivity index (χ0v) is 11.8. The summed E-state index contributed by atoms with van der Waals surface area (Å²) in [5, 5.41) is 9.11. The Kier molecular flexibility index (Phi) is 4.19. The second-order valence-corrected chi connectivity index (χ2v) is 4.62. The Morgan fingerprint density at radius 1 is 1.35 bits per heavy atom. The SMILES string of the molecule is COc1cc(F)ccc1Oc1ncc(Br)cc1C(=O)O. The lowest BCUT2D eigenvalue weighted by atomic mass is 10.2. The third-order valence-electron chi connectivity index (χ3n) is 2.38. The molecule has 0 amide bonds. The van der Waals surface area contributed by atoms with E-state index in [0.717, 1.165) is 6.07 Å². The summed E-state index contributed by atoms with van der Waals surface area (Å²) in [6.07, 6.45) is 1.40. The molecule has 0 bridgehead atoms. The van der Waals surface area contributed by atoms with Gasteiger partial charge in [-0.15, -0.1) is 0 Å². The number of hydrogen-bond acceptors (Lipinski definition) is 4. The summed E-state index contributed by atoms with van der Waals surface area (Å²) >= 11 is 3.13. The minimum absolute atomic E-state index is 0.106. The molecular weight excluding hydrogens is 333 g/mol. The van der Waals surface area contributed by atoms with Gasteiger partial charge in [0.05, 0.1) is 7.11 Å². The number of aromatic carboxylic acids is 1. The largest absolute Gasteiger partial charge is 0.493 e.